The number of nitrogens with zero attached hydrogens (tertiary/aromatic N) is 2. The topological polar surface area (TPSA) is 41.9 Å². The summed E-state index contributed by atoms with van der Waals surface area (Å²) in [6.07, 6.45) is 0. The second kappa shape index (κ2) is 8.10. The average Bonchev–Trinajstić information content (AvgIpc) is 2.96. The van der Waals surface area contributed by atoms with Crippen molar-refractivity contribution in [2.75, 3.05) is 5.32 Å². The summed E-state index contributed by atoms with van der Waals surface area (Å²) in [6, 6.07) is 18.8. The molecule has 26 heavy (non-hydrogen) atoms. The highest BCUT2D eigenvalue weighted by Gasteiger charge is 2.10. The molecule has 0 amide bonds. The molecule has 3 rings (SSSR count). The molecule has 2 aromatic carbocycles. The van der Waals surface area contributed by atoms with Crippen LogP contribution in [-0.2, 0) is 6.54 Å². The molecule has 1 heterocycles. The molecule has 0 aliphatic heterocycles. The molecule has 4 nitrogen and oxygen atoms in total. The van der Waals surface area contributed by atoms with Gasteiger partial charge in [0.15, 0.2) is 10.9 Å². The van der Waals surface area contributed by atoms with Crippen molar-refractivity contribution in [2.24, 2.45) is 0 Å². The number of hydrogen-bond acceptors (Lipinski definition) is 2. The summed E-state index contributed by atoms with van der Waals surface area (Å²) in [5.74, 6) is 0.405. The molecule has 1 aromatic heterocycles. The first-order valence-corrected chi connectivity index (χ1v) is 8.84. The van der Waals surface area contributed by atoms with E-state index in [-0.39, 0.29) is 11.9 Å². The van der Waals surface area contributed by atoms with Crippen LogP contribution >= 0.6 is 12.2 Å². The maximum absolute atomic E-state index is 13.8. The van der Waals surface area contributed by atoms with Gasteiger partial charge in [-0.2, -0.15) is 5.10 Å². The molecule has 0 bridgehead atoms. The number of nitrogens with one attached hydrogen (secondary N) is 2. The fraction of sp³-hybridized carbons (Fsp3) is 0.200. The Bertz CT molecular complexity index is 892. The number of anilines is 1. The van der Waals surface area contributed by atoms with Gasteiger partial charge in [-0.15, -0.1) is 0 Å². The van der Waals surface area contributed by atoms with Crippen LogP contribution in [0.15, 0.2) is 60.7 Å². The summed E-state index contributed by atoms with van der Waals surface area (Å²) >= 11 is 5.38. The van der Waals surface area contributed by atoms with E-state index in [1.807, 2.05) is 56.3 Å². The van der Waals surface area contributed by atoms with Crippen LogP contribution in [0.3, 0.4) is 0 Å². The molecule has 6 heteroatoms. The van der Waals surface area contributed by atoms with E-state index in [4.69, 9.17) is 12.2 Å². The lowest BCUT2D eigenvalue weighted by atomic mass is 10.1. The highest BCUT2D eigenvalue weighted by Crippen LogP contribution is 2.15. The summed E-state index contributed by atoms with van der Waals surface area (Å²) in [7, 11) is 0. The molecule has 0 radical (unpaired) electrons. The van der Waals surface area contributed by atoms with Crippen LogP contribution in [0.2, 0.25) is 0 Å². The third kappa shape index (κ3) is 4.46. The van der Waals surface area contributed by atoms with Crippen molar-refractivity contribution in [3.05, 3.63) is 83.3 Å². The van der Waals surface area contributed by atoms with Crippen molar-refractivity contribution in [3.8, 4) is 0 Å². The minimum Gasteiger partial charge on any atom is -0.356 e. The number of benzene rings is 2. The smallest absolute Gasteiger partial charge is 0.172 e. The van der Waals surface area contributed by atoms with Gasteiger partial charge in [-0.05, 0) is 37.7 Å². The van der Waals surface area contributed by atoms with E-state index >= 15 is 0 Å². The van der Waals surface area contributed by atoms with E-state index < -0.39 is 0 Å². The lowest BCUT2D eigenvalue weighted by Crippen LogP contribution is -2.31. The van der Waals surface area contributed by atoms with Crippen LogP contribution in [0.25, 0.3) is 0 Å². The van der Waals surface area contributed by atoms with Gasteiger partial charge < -0.3 is 10.6 Å². The van der Waals surface area contributed by atoms with Gasteiger partial charge in [0.25, 0.3) is 0 Å². The number of hydrogen-bond donors (Lipinski definition) is 2. The number of rotatable bonds is 5. The van der Waals surface area contributed by atoms with Gasteiger partial charge in [0, 0.05) is 17.3 Å². The van der Waals surface area contributed by atoms with Gasteiger partial charge in [0.1, 0.15) is 5.82 Å². The fourth-order valence-electron chi connectivity index (χ4n) is 2.69. The lowest BCUT2D eigenvalue weighted by Gasteiger charge is -2.16. The average molecular weight is 368 g/mol. The first-order valence-electron chi connectivity index (χ1n) is 8.43. The maximum Gasteiger partial charge on any atom is 0.172 e. The van der Waals surface area contributed by atoms with Crippen molar-refractivity contribution in [1.29, 1.82) is 0 Å². The minimum atomic E-state index is -0.231. The molecule has 0 saturated heterocycles. The predicted molar refractivity (Wildman–Crippen MR) is 107 cm³/mol. The molecule has 1 atom stereocenters. The number of thiocarbonyl (C=S) groups is 1. The van der Waals surface area contributed by atoms with Gasteiger partial charge in [0.05, 0.1) is 12.6 Å². The quantitative estimate of drug-likeness (QED) is 0.654. The Hall–Kier alpha value is -2.73. The summed E-state index contributed by atoms with van der Waals surface area (Å²) in [5.41, 5.74) is 2.68. The minimum absolute atomic E-state index is 0.0813. The number of aromatic nitrogens is 2. The molecule has 0 saturated carbocycles. The SMILES string of the molecule is Cc1cc(NC(=S)NC(C)c2ccccc2)nn1Cc1ccccc1F. The summed E-state index contributed by atoms with van der Waals surface area (Å²) in [4.78, 5) is 0. The predicted octanol–water partition coefficient (Wildman–Crippen LogP) is 4.43. The third-order valence-electron chi connectivity index (χ3n) is 4.15. The van der Waals surface area contributed by atoms with E-state index in [1.54, 1.807) is 16.8 Å². The Morgan fingerprint density at radius 2 is 1.85 bits per heavy atom. The zero-order valence-corrected chi connectivity index (χ0v) is 15.6. The number of aryl methyl sites for hydroxylation is 1. The summed E-state index contributed by atoms with van der Waals surface area (Å²) in [5, 5.41) is 11.3. The van der Waals surface area contributed by atoms with E-state index in [1.165, 1.54) is 6.07 Å². The molecule has 134 valence electrons. The Kier molecular flexibility index (Phi) is 5.63. The van der Waals surface area contributed by atoms with E-state index in [2.05, 4.69) is 15.7 Å². The molecule has 0 aliphatic rings. The van der Waals surface area contributed by atoms with E-state index in [0.29, 0.717) is 23.0 Å². The van der Waals surface area contributed by atoms with Gasteiger partial charge in [-0.25, -0.2) is 4.39 Å². The standard InChI is InChI=1S/C20H21FN4S/c1-14-12-19(24-25(14)13-17-10-6-7-11-18(17)21)23-20(26)22-15(2)16-8-4-3-5-9-16/h3-12,15H,13H2,1-2H3,(H2,22,23,24,26). The monoisotopic (exact) mass is 368 g/mol. The van der Waals surface area contributed by atoms with Gasteiger partial charge in [-0.3, -0.25) is 4.68 Å². The van der Waals surface area contributed by atoms with Crippen LogP contribution in [0.5, 0.6) is 0 Å². The molecule has 3 aromatic rings. The maximum atomic E-state index is 13.8. The fourth-order valence-corrected chi connectivity index (χ4v) is 2.97. The zero-order valence-electron chi connectivity index (χ0n) is 14.7. The van der Waals surface area contributed by atoms with Crippen molar-refractivity contribution in [3.63, 3.8) is 0 Å². The molecule has 1 unspecified atom stereocenters. The molecule has 2 N–H and O–H groups in total. The molecular weight excluding hydrogens is 347 g/mol. The zero-order chi connectivity index (χ0) is 18.5. The highest BCUT2D eigenvalue weighted by atomic mass is 32.1. The Balaban J connectivity index is 1.64. The largest absolute Gasteiger partial charge is 0.356 e. The second-order valence-electron chi connectivity index (χ2n) is 6.15. The first-order chi connectivity index (χ1) is 12.5. The van der Waals surface area contributed by atoms with Gasteiger partial charge in [0.2, 0.25) is 0 Å². The lowest BCUT2D eigenvalue weighted by molar-refractivity contribution is 0.581. The molecule has 0 spiro atoms. The normalized spacial score (nSPS) is 11.8. The van der Waals surface area contributed by atoms with Crippen molar-refractivity contribution in [2.45, 2.75) is 26.4 Å². The van der Waals surface area contributed by atoms with Crippen LogP contribution in [0, 0.1) is 12.7 Å². The van der Waals surface area contributed by atoms with Crippen molar-refractivity contribution >= 4 is 23.1 Å². The van der Waals surface area contributed by atoms with Gasteiger partial charge in [-0.1, -0.05) is 48.5 Å². The molecule has 0 aliphatic carbocycles. The van der Waals surface area contributed by atoms with Crippen LogP contribution in [-0.4, -0.2) is 14.9 Å². The van der Waals surface area contributed by atoms with Crippen LogP contribution in [0.4, 0.5) is 10.2 Å². The molecule has 0 fully saturated rings. The van der Waals surface area contributed by atoms with Crippen LogP contribution < -0.4 is 10.6 Å². The Labute approximate surface area is 158 Å². The van der Waals surface area contributed by atoms with E-state index in [0.717, 1.165) is 11.3 Å². The number of halogens is 1. The summed E-state index contributed by atoms with van der Waals surface area (Å²) < 4.78 is 15.6. The highest BCUT2D eigenvalue weighted by molar-refractivity contribution is 7.80. The van der Waals surface area contributed by atoms with E-state index in [9.17, 15) is 4.39 Å². The second-order valence-corrected chi connectivity index (χ2v) is 6.56. The van der Waals surface area contributed by atoms with Crippen LogP contribution in [0.1, 0.15) is 29.8 Å². The molecular formula is C20H21FN4S. The summed E-state index contributed by atoms with van der Waals surface area (Å²) in [6.45, 7) is 4.36. The van der Waals surface area contributed by atoms with Gasteiger partial charge >= 0.3 is 0 Å². The first kappa shape index (κ1) is 18.1. The Morgan fingerprint density at radius 3 is 2.58 bits per heavy atom. The van der Waals surface area contributed by atoms with Crippen molar-refractivity contribution < 1.29 is 4.39 Å². The van der Waals surface area contributed by atoms with Crippen molar-refractivity contribution in [1.82, 2.24) is 15.1 Å². The third-order valence-corrected chi connectivity index (χ3v) is 4.37. The Morgan fingerprint density at radius 1 is 1.15 bits per heavy atom.